The van der Waals surface area contributed by atoms with Gasteiger partial charge in [-0.3, -0.25) is 4.79 Å². The van der Waals surface area contributed by atoms with Crippen molar-refractivity contribution in [3.05, 3.63) is 34.4 Å². The number of carbonyl (C=O) groups is 1. The Hall–Kier alpha value is -1.11. The Bertz CT molecular complexity index is 377. The molecule has 0 aliphatic heterocycles. The maximum Gasteiger partial charge on any atom is 0.133 e. The van der Waals surface area contributed by atoms with Crippen molar-refractivity contribution in [3.63, 3.8) is 0 Å². The molecular formula is C15H22O. The summed E-state index contributed by atoms with van der Waals surface area (Å²) in [4.78, 5) is 11.5. The molecule has 1 nitrogen and oxygen atoms in total. The van der Waals surface area contributed by atoms with Crippen LogP contribution in [-0.4, -0.2) is 5.78 Å². The zero-order valence-corrected chi connectivity index (χ0v) is 10.9. The van der Waals surface area contributed by atoms with Crippen molar-refractivity contribution >= 4 is 5.78 Å². The molecule has 0 unspecified atom stereocenters. The molecule has 0 heterocycles. The van der Waals surface area contributed by atoms with Crippen LogP contribution in [0.5, 0.6) is 0 Å². The lowest BCUT2D eigenvalue weighted by atomic mass is 9.94. The Kier molecular flexibility index (Phi) is 4.72. The van der Waals surface area contributed by atoms with Crippen molar-refractivity contribution in [2.75, 3.05) is 0 Å². The van der Waals surface area contributed by atoms with E-state index in [0.29, 0.717) is 12.2 Å². The van der Waals surface area contributed by atoms with Crippen molar-refractivity contribution in [2.24, 2.45) is 0 Å². The van der Waals surface area contributed by atoms with Gasteiger partial charge in [0, 0.05) is 12.8 Å². The molecule has 0 saturated carbocycles. The number of hydrogen-bond donors (Lipinski definition) is 0. The van der Waals surface area contributed by atoms with Crippen LogP contribution in [0, 0.1) is 20.8 Å². The third-order valence-electron chi connectivity index (χ3n) is 3.29. The molecule has 1 rings (SSSR count). The Labute approximate surface area is 98.9 Å². The van der Waals surface area contributed by atoms with E-state index in [1.165, 1.54) is 22.3 Å². The standard InChI is InChI=1S/C15H22O/c1-5-6-14(16)9-10-15-12(3)8-7-11(2)13(15)4/h7-8H,5-6,9-10H2,1-4H3. The molecule has 0 bridgehead atoms. The Morgan fingerprint density at radius 2 is 1.69 bits per heavy atom. The molecule has 16 heavy (non-hydrogen) atoms. The van der Waals surface area contributed by atoms with Gasteiger partial charge in [-0.15, -0.1) is 0 Å². The van der Waals surface area contributed by atoms with Crippen LogP contribution in [0.2, 0.25) is 0 Å². The second-order valence-corrected chi connectivity index (χ2v) is 4.59. The van der Waals surface area contributed by atoms with Crippen molar-refractivity contribution in [1.29, 1.82) is 0 Å². The molecule has 0 fully saturated rings. The van der Waals surface area contributed by atoms with Crippen molar-refractivity contribution in [3.8, 4) is 0 Å². The van der Waals surface area contributed by atoms with E-state index in [9.17, 15) is 4.79 Å². The quantitative estimate of drug-likeness (QED) is 0.732. The largest absolute Gasteiger partial charge is 0.300 e. The van der Waals surface area contributed by atoms with Gasteiger partial charge >= 0.3 is 0 Å². The first-order valence-corrected chi connectivity index (χ1v) is 6.13. The second-order valence-electron chi connectivity index (χ2n) is 4.59. The fourth-order valence-electron chi connectivity index (χ4n) is 2.06. The SMILES string of the molecule is CCCC(=O)CCc1c(C)ccc(C)c1C. The van der Waals surface area contributed by atoms with Crippen LogP contribution < -0.4 is 0 Å². The Morgan fingerprint density at radius 1 is 1.06 bits per heavy atom. The molecule has 0 aromatic heterocycles. The highest BCUT2D eigenvalue weighted by Crippen LogP contribution is 2.19. The van der Waals surface area contributed by atoms with Crippen molar-refractivity contribution in [2.45, 2.75) is 53.4 Å². The minimum Gasteiger partial charge on any atom is -0.300 e. The van der Waals surface area contributed by atoms with Crippen LogP contribution in [0.4, 0.5) is 0 Å². The van der Waals surface area contributed by atoms with Crippen LogP contribution in [0.25, 0.3) is 0 Å². The summed E-state index contributed by atoms with van der Waals surface area (Å²) >= 11 is 0. The molecule has 0 amide bonds. The predicted octanol–water partition coefficient (Wildman–Crippen LogP) is 3.91. The molecule has 0 radical (unpaired) electrons. The number of aryl methyl sites for hydroxylation is 2. The first-order valence-electron chi connectivity index (χ1n) is 6.13. The topological polar surface area (TPSA) is 17.1 Å². The number of benzene rings is 1. The van der Waals surface area contributed by atoms with Gasteiger partial charge in [0.05, 0.1) is 0 Å². The van der Waals surface area contributed by atoms with Crippen LogP contribution >= 0.6 is 0 Å². The van der Waals surface area contributed by atoms with Crippen LogP contribution in [0.3, 0.4) is 0 Å². The fourth-order valence-corrected chi connectivity index (χ4v) is 2.06. The maximum atomic E-state index is 11.5. The number of Topliss-reactive ketones (excluding diaryl/α,β-unsaturated/α-hetero) is 1. The molecule has 1 aromatic rings. The van der Waals surface area contributed by atoms with E-state index in [2.05, 4.69) is 39.8 Å². The van der Waals surface area contributed by atoms with E-state index >= 15 is 0 Å². The highest BCUT2D eigenvalue weighted by Gasteiger charge is 2.07. The zero-order valence-electron chi connectivity index (χ0n) is 10.9. The van der Waals surface area contributed by atoms with Crippen LogP contribution in [-0.2, 0) is 11.2 Å². The molecule has 0 aliphatic rings. The lowest BCUT2D eigenvalue weighted by molar-refractivity contribution is -0.119. The number of carbonyl (C=O) groups excluding carboxylic acids is 1. The zero-order chi connectivity index (χ0) is 12.1. The molecule has 0 spiro atoms. The van der Waals surface area contributed by atoms with Gasteiger partial charge in [-0.2, -0.15) is 0 Å². The summed E-state index contributed by atoms with van der Waals surface area (Å²) in [6.45, 7) is 8.47. The lowest BCUT2D eigenvalue weighted by Crippen LogP contribution is -2.03. The molecule has 0 atom stereocenters. The van der Waals surface area contributed by atoms with E-state index in [1.807, 2.05) is 0 Å². The second kappa shape index (κ2) is 5.83. The Balaban J connectivity index is 2.74. The van der Waals surface area contributed by atoms with Gasteiger partial charge in [-0.05, 0) is 55.9 Å². The molecular weight excluding hydrogens is 196 g/mol. The van der Waals surface area contributed by atoms with E-state index < -0.39 is 0 Å². The number of rotatable bonds is 5. The summed E-state index contributed by atoms with van der Waals surface area (Å²) in [5, 5.41) is 0. The van der Waals surface area contributed by atoms with E-state index in [1.54, 1.807) is 0 Å². The summed E-state index contributed by atoms with van der Waals surface area (Å²) < 4.78 is 0. The minimum atomic E-state index is 0.391. The van der Waals surface area contributed by atoms with Crippen LogP contribution in [0.1, 0.15) is 48.4 Å². The highest BCUT2D eigenvalue weighted by molar-refractivity contribution is 5.78. The average molecular weight is 218 g/mol. The van der Waals surface area contributed by atoms with Crippen LogP contribution in [0.15, 0.2) is 12.1 Å². The van der Waals surface area contributed by atoms with Gasteiger partial charge in [0.15, 0.2) is 0 Å². The van der Waals surface area contributed by atoms with E-state index in [0.717, 1.165) is 19.3 Å². The summed E-state index contributed by atoms with van der Waals surface area (Å²) in [5.41, 5.74) is 5.35. The predicted molar refractivity (Wildman–Crippen MR) is 68.9 cm³/mol. The van der Waals surface area contributed by atoms with Gasteiger partial charge < -0.3 is 0 Å². The normalized spacial score (nSPS) is 10.5. The highest BCUT2D eigenvalue weighted by atomic mass is 16.1. The van der Waals surface area contributed by atoms with Crippen molar-refractivity contribution in [1.82, 2.24) is 0 Å². The molecule has 0 N–H and O–H groups in total. The monoisotopic (exact) mass is 218 g/mol. The van der Waals surface area contributed by atoms with Gasteiger partial charge in [-0.1, -0.05) is 19.1 Å². The van der Waals surface area contributed by atoms with Gasteiger partial charge in [0.1, 0.15) is 5.78 Å². The third-order valence-corrected chi connectivity index (χ3v) is 3.29. The van der Waals surface area contributed by atoms with E-state index in [4.69, 9.17) is 0 Å². The summed E-state index contributed by atoms with van der Waals surface area (Å²) in [6.07, 6.45) is 3.28. The first kappa shape index (κ1) is 13.0. The lowest BCUT2D eigenvalue weighted by Gasteiger charge is -2.11. The Morgan fingerprint density at radius 3 is 2.31 bits per heavy atom. The average Bonchev–Trinajstić information content (AvgIpc) is 2.24. The summed E-state index contributed by atoms with van der Waals surface area (Å²) in [6, 6.07) is 4.31. The van der Waals surface area contributed by atoms with Gasteiger partial charge in [0.25, 0.3) is 0 Å². The summed E-state index contributed by atoms with van der Waals surface area (Å²) in [5.74, 6) is 0.391. The number of hydrogen-bond acceptors (Lipinski definition) is 1. The smallest absolute Gasteiger partial charge is 0.133 e. The van der Waals surface area contributed by atoms with E-state index in [-0.39, 0.29) is 0 Å². The fraction of sp³-hybridized carbons (Fsp3) is 0.533. The van der Waals surface area contributed by atoms with Gasteiger partial charge in [-0.25, -0.2) is 0 Å². The van der Waals surface area contributed by atoms with Gasteiger partial charge in [0.2, 0.25) is 0 Å². The summed E-state index contributed by atoms with van der Waals surface area (Å²) in [7, 11) is 0. The minimum absolute atomic E-state index is 0.391. The molecule has 1 heteroatoms. The maximum absolute atomic E-state index is 11.5. The third kappa shape index (κ3) is 3.19. The molecule has 0 saturated heterocycles. The molecule has 0 aliphatic carbocycles. The van der Waals surface area contributed by atoms with Crippen molar-refractivity contribution < 1.29 is 4.79 Å². The molecule has 88 valence electrons. The number of ketones is 1. The molecule has 1 aromatic carbocycles. The first-order chi connectivity index (χ1) is 7.56.